The van der Waals surface area contributed by atoms with Gasteiger partial charge in [0.05, 0.1) is 23.6 Å². The quantitative estimate of drug-likeness (QED) is 0.212. The second-order valence-corrected chi connectivity index (χ2v) is 10.5. The first kappa shape index (κ1) is 19.9. The Labute approximate surface area is 259 Å². The summed E-state index contributed by atoms with van der Waals surface area (Å²) in [5.74, 6) is 1.65. The molecule has 0 radical (unpaired) electrons. The van der Waals surface area contributed by atoms with Gasteiger partial charge in [0.1, 0.15) is 5.58 Å². The molecule has 0 unspecified atom stereocenters. The van der Waals surface area contributed by atoms with Gasteiger partial charge in [-0.25, -0.2) is 15.0 Å². The molecule has 0 saturated carbocycles. The van der Waals surface area contributed by atoms with E-state index in [2.05, 4.69) is 0 Å². The summed E-state index contributed by atoms with van der Waals surface area (Å²) < 4.78 is 51.3. The molecule has 3 aromatic heterocycles. The summed E-state index contributed by atoms with van der Waals surface area (Å²) in [5, 5.41) is 2.33. The summed E-state index contributed by atoms with van der Waals surface area (Å²) >= 11 is 0. The third-order valence-corrected chi connectivity index (χ3v) is 7.88. The Kier molecular flexibility index (Phi) is 4.42. The number of fused-ring (bicyclic) bond motifs is 6. The van der Waals surface area contributed by atoms with E-state index >= 15 is 0 Å². The van der Waals surface area contributed by atoms with Crippen molar-refractivity contribution in [3.63, 3.8) is 0 Å². The van der Waals surface area contributed by atoms with Crippen LogP contribution in [0.25, 0.3) is 83.6 Å². The maximum Gasteiger partial charge on any atom is 0.164 e. The van der Waals surface area contributed by atoms with Crippen LogP contribution in [0.2, 0.25) is 0 Å². The summed E-state index contributed by atoms with van der Waals surface area (Å²) in [4.78, 5) is 14.6. The molecule has 5 heteroatoms. The molecule has 0 fully saturated rings. The van der Waals surface area contributed by atoms with Gasteiger partial charge in [-0.1, -0.05) is 109 Å². The molecule has 206 valence electrons. The molecule has 9 aromatic rings. The number of hydrogen-bond donors (Lipinski definition) is 0. The molecule has 44 heavy (non-hydrogen) atoms. The minimum Gasteiger partial charge on any atom is -0.454 e. The fourth-order valence-corrected chi connectivity index (χ4v) is 5.87. The number of para-hydroxylation sites is 3. The highest BCUT2D eigenvalue weighted by atomic mass is 16.3. The van der Waals surface area contributed by atoms with E-state index in [4.69, 9.17) is 26.2 Å². The lowest BCUT2D eigenvalue weighted by Gasteiger charge is -2.08. The largest absolute Gasteiger partial charge is 0.454 e. The molecule has 0 amide bonds. The maximum absolute atomic E-state index is 8.86. The topological polar surface area (TPSA) is 56.7 Å². The van der Waals surface area contributed by atoms with E-state index in [1.165, 1.54) is 6.07 Å². The van der Waals surface area contributed by atoms with Gasteiger partial charge in [-0.3, -0.25) is 0 Å². The molecule has 0 N–H and O–H groups in total. The Hall–Kier alpha value is -6.07. The lowest BCUT2D eigenvalue weighted by Crippen LogP contribution is -2.00. The van der Waals surface area contributed by atoms with Crippen LogP contribution in [0.1, 0.15) is 6.85 Å². The van der Waals surface area contributed by atoms with Crippen LogP contribution in [0.3, 0.4) is 0 Å². The first-order valence-corrected chi connectivity index (χ1v) is 14.2. The van der Waals surface area contributed by atoms with Crippen LogP contribution in [-0.4, -0.2) is 19.5 Å². The van der Waals surface area contributed by atoms with E-state index in [1.807, 2.05) is 102 Å². The molecule has 0 aliphatic carbocycles. The number of furan rings is 1. The molecule has 6 aromatic carbocycles. The van der Waals surface area contributed by atoms with Crippen molar-refractivity contribution in [1.82, 2.24) is 19.5 Å². The third kappa shape index (κ3) is 3.83. The van der Waals surface area contributed by atoms with Crippen molar-refractivity contribution in [2.75, 3.05) is 0 Å². The van der Waals surface area contributed by atoms with Crippen LogP contribution in [-0.2, 0) is 0 Å². The molecule has 0 bridgehead atoms. The fraction of sp³-hybridized carbons (Fsp3) is 0. The van der Waals surface area contributed by atoms with E-state index < -0.39 is 0 Å². The van der Waals surface area contributed by atoms with Crippen LogP contribution < -0.4 is 0 Å². The van der Waals surface area contributed by atoms with E-state index in [0.29, 0.717) is 56.1 Å². The molecular formula is C39H24N4O. The van der Waals surface area contributed by atoms with Gasteiger partial charge in [-0.2, -0.15) is 0 Å². The SMILES string of the molecule is [2H]c1ccc2c(c1[2H])c1c([2H])c([2H])cc([2H])c1n2-c1cccc2c1oc1ccc(-c3nc(-c4ccccc4)nc(-c4ccccc4)n3)cc12. The standard InChI is InChI=1S/C39H24N4O/c1-3-12-25(13-4-1)37-40-38(26-14-5-2-6-15-26)42-39(41-37)27-22-23-35-31(24-27)30-18-11-21-34(36(30)44-35)43-32-19-9-7-16-28(32)29-17-8-10-20-33(29)43/h1-24H/i7D,8D,16D,17D,19D. The number of aromatic nitrogens is 4. The molecule has 0 aliphatic rings. The van der Waals surface area contributed by atoms with Crippen LogP contribution in [0.15, 0.2) is 150 Å². The van der Waals surface area contributed by atoms with Crippen molar-refractivity contribution in [3.05, 3.63) is 145 Å². The van der Waals surface area contributed by atoms with Gasteiger partial charge in [-0.05, 0) is 36.4 Å². The van der Waals surface area contributed by atoms with Gasteiger partial charge in [0.25, 0.3) is 0 Å². The monoisotopic (exact) mass is 569 g/mol. The molecule has 3 heterocycles. The van der Waals surface area contributed by atoms with E-state index in [9.17, 15) is 0 Å². The normalized spacial score (nSPS) is 13.2. The van der Waals surface area contributed by atoms with Gasteiger partial charge in [0.2, 0.25) is 0 Å². The minimum absolute atomic E-state index is 0.00603. The van der Waals surface area contributed by atoms with E-state index in [1.54, 1.807) is 12.1 Å². The third-order valence-electron chi connectivity index (χ3n) is 7.88. The minimum atomic E-state index is -0.106. The van der Waals surface area contributed by atoms with Crippen molar-refractivity contribution >= 4 is 43.7 Å². The van der Waals surface area contributed by atoms with Crippen LogP contribution in [0, 0.1) is 0 Å². The summed E-state index contributed by atoms with van der Waals surface area (Å²) in [5.41, 5.74) is 5.31. The molecular weight excluding hydrogens is 540 g/mol. The molecule has 0 aliphatic heterocycles. The first-order chi connectivity index (χ1) is 23.9. The molecule has 0 saturated heterocycles. The zero-order valence-electron chi connectivity index (χ0n) is 28.2. The Balaban J connectivity index is 1.28. The van der Waals surface area contributed by atoms with Crippen molar-refractivity contribution in [3.8, 4) is 39.9 Å². The van der Waals surface area contributed by atoms with Crippen molar-refractivity contribution < 1.29 is 11.3 Å². The van der Waals surface area contributed by atoms with Gasteiger partial charge >= 0.3 is 0 Å². The average Bonchev–Trinajstić information content (AvgIpc) is 3.69. The van der Waals surface area contributed by atoms with Crippen molar-refractivity contribution in [2.45, 2.75) is 0 Å². The summed E-state index contributed by atoms with van der Waals surface area (Å²) in [7, 11) is 0. The molecule has 9 rings (SSSR count). The zero-order chi connectivity index (χ0) is 33.4. The van der Waals surface area contributed by atoms with Crippen LogP contribution in [0.5, 0.6) is 0 Å². The zero-order valence-corrected chi connectivity index (χ0v) is 23.2. The van der Waals surface area contributed by atoms with Crippen LogP contribution in [0.4, 0.5) is 0 Å². The average molecular weight is 570 g/mol. The predicted molar refractivity (Wildman–Crippen MR) is 178 cm³/mol. The maximum atomic E-state index is 8.86. The van der Waals surface area contributed by atoms with Crippen molar-refractivity contribution in [2.24, 2.45) is 0 Å². The summed E-state index contributed by atoms with van der Waals surface area (Å²) in [6.45, 7) is 0. The molecule has 0 spiro atoms. The Morgan fingerprint density at radius 1 is 0.500 bits per heavy atom. The highest BCUT2D eigenvalue weighted by molar-refractivity contribution is 6.13. The summed E-state index contributed by atoms with van der Waals surface area (Å²) in [6.07, 6.45) is 0. The highest BCUT2D eigenvalue weighted by Crippen LogP contribution is 2.39. The lowest BCUT2D eigenvalue weighted by molar-refractivity contribution is 0.666. The number of rotatable bonds is 4. The number of nitrogens with zero attached hydrogens (tertiary/aromatic N) is 4. The Morgan fingerprint density at radius 3 is 1.89 bits per heavy atom. The van der Waals surface area contributed by atoms with E-state index in [0.717, 1.165) is 27.5 Å². The van der Waals surface area contributed by atoms with Crippen molar-refractivity contribution in [1.29, 1.82) is 0 Å². The lowest BCUT2D eigenvalue weighted by atomic mass is 10.1. The predicted octanol–water partition coefficient (Wildman–Crippen LogP) is 9.87. The van der Waals surface area contributed by atoms with Gasteiger partial charge < -0.3 is 8.98 Å². The molecule has 5 nitrogen and oxygen atoms in total. The molecule has 0 atom stereocenters. The first-order valence-electron chi connectivity index (χ1n) is 16.7. The summed E-state index contributed by atoms with van der Waals surface area (Å²) in [6, 6.07) is 35.6. The van der Waals surface area contributed by atoms with E-state index in [-0.39, 0.29) is 30.2 Å². The Bertz CT molecular complexity index is 2720. The fourth-order valence-electron chi connectivity index (χ4n) is 5.87. The van der Waals surface area contributed by atoms with Gasteiger partial charge in [0, 0.05) is 38.2 Å². The number of hydrogen-bond acceptors (Lipinski definition) is 4. The number of benzene rings is 6. The van der Waals surface area contributed by atoms with Gasteiger partial charge in [-0.15, -0.1) is 0 Å². The van der Waals surface area contributed by atoms with Gasteiger partial charge in [0.15, 0.2) is 23.1 Å². The van der Waals surface area contributed by atoms with Crippen LogP contribution >= 0.6 is 0 Å². The smallest absolute Gasteiger partial charge is 0.164 e. The highest BCUT2D eigenvalue weighted by Gasteiger charge is 2.19. The Morgan fingerprint density at radius 2 is 1.16 bits per heavy atom. The second kappa shape index (κ2) is 9.75. The second-order valence-electron chi connectivity index (χ2n) is 10.5.